The molecule has 4 rings (SSSR count). The lowest BCUT2D eigenvalue weighted by Gasteiger charge is -2.39. The molecule has 3 aliphatic rings. The molecular weight excluding hydrogens is 306 g/mol. The number of Topliss-reactive ketones (excluding diaryl/α,β-unsaturated/α-hetero) is 2. The molecule has 1 aromatic carbocycles. The van der Waals surface area contributed by atoms with Gasteiger partial charge in [0.15, 0.2) is 11.6 Å². The number of hydrogen-bond donors (Lipinski definition) is 2. The molecule has 0 spiro atoms. The topological polar surface area (TPSA) is 97.5 Å². The Kier molecular flexibility index (Phi) is 3.20. The van der Waals surface area contributed by atoms with Crippen LogP contribution in [0.1, 0.15) is 28.8 Å². The van der Waals surface area contributed by atoms with Crippen LogP contribution in [0.15, 0.2) is 47.2 Å². The van der Waals surface area contributed by atoms with Crippen molar-refractivity contribution in [1.82, 2.24) is 0 Å². The van der Waals surface area contributed by atoms with Crippen molar-refractivity contribution in [2.45, 2.75) is 19.3 Å². The number of allylic oxidation sites excluding steroid dienone is 2. The number of benzene rings is 1. The zero-order valence-electron chi connectivity index (χ0n) is 13.0. The number of primary amides is 1. The van der Waals surface area contributed by atoms with Crippen molar-refractivity contribution >= 4 is 17.5 Å². The maximum atomic E-state index is 12.8. The van der Waals surface area contributed by atoms with Gasteiger partial charge in [-0.05, 0) is 30.2 Å². The summed E-state index contributed by atoms with van der Waals surface area (Å²) in [6, 6.07) is 7.54. The van der Waals surface area contributed by atoms with Crippen molar-refractivity contribution in [3.63, 3.8) is 0 Å². The third-order valence-corrected chi connectivity index (χ3v) is 5.43. The molecule has 0 heterocycles. The highest BCUT2D eigenvalue weighted by Gasteiger charge is 2.44. The second-order valence-corrected chi connectivity index (χ2v) is 6.78. The first-order chi connectivity index (χ1) is 11.5. The lowest BCUT2D eigenvalue weighted by Crippen LogP contribution is -2.39. The Labute approximate surface area is 138 Å². The van der Waals surface area contributed by atoms with Gasteiger partial charge in [-0.25, -0.2) is 0 Å². The SMILES string of the molecule is NC(=O)C1=C(O)C2C=C3C(=O)c4ccccc4CC3CC2CC1=O. The van der Waals surface area contributed by atoms with Crippen molar-refractivity contribution in [3.05, 3.63) is 58.4 Å². The van der Waals surface area contributed by atoms with E-state index in [1.165, 1.54) is 0 Å². The molecule has 0 saturated heterocycles. The zero-order chi connectivity index (χ0) is 17.0. The van der Waals surface area contributed by atoms with Gasteiger partial charge in [0.05, 0.1) is 0 Å². The van der Waals surface area contributed by atoms with Crippen LogP contribution in [0.3, 0.4) is 0 Å². The summed E-state index contributed by atoms with van der Waals surface area (Å²) >= 11 is 0. The van der Waals surface area contributed by atoms with E-state index in [1.54, 1.807) is 6.08 Å². The van der Waals surface area contributed by atoms with Gasteiger partial charge in [-0.1, -0.05) is 30.3 Å². The average molecular weight is 323 g/mol. The number of rotatable bonds is 1. The molecule has 0 fully saturated rings. The summed E-state index contributed by atoms with van der Waals surface area (Å²) in [7, 11) is 0. The van der Waals surface area contributed by atoms with Crippen LogP contribution in [0.2, 0.25) is 0 Å². The molecule has 0 bridgehead atoms. The molecule has 0 radical (unpaired) electrons. The standard InChI is InChI=1S/C19H17NO4/c20-19(24)16-15(21)7-11-6-10-5-9-3-1-2-4-12(9)17(22)13(10)8-14(11)18(16)23/h1-4,8,10-11,14,23H,5-7H2,(H2,20,24). The highest BCUT2D eigenvalue weighted by Crippen LogP contribution is 2.46. The molecule has 1 aromatic rings. The molecular formula is C19H17NO4. The number of carbonyl (C=O) groups is 3. The van der Waals surface area contributed by atoms with E-state index in [0.717, 1.165) is 12.0 Å². The van der Waals surface area contributed by atoms with E-state index in [1.807, 2.05) is 24.3 Å². The van der Waals surface area contributed by atoms with Crippen LogP contribution in [0, 0.1) is 17.8 Å². The maximum absolute atomic E-state index is 12.8. The molecule has 24 heavy (non-hydrogen) atoms. The summed E-state index contributed by atoms with van der Waals surface area (Å²) in [6.07, 6.45) is 3.35. The summed E-state index contributed by atoms with van der Waals surface area (Å²) in [4.78, 5) is 36.4. The van der Waals surface area contributed by atoms with Crippen molar-refractivity contribution in [3.8, 4) is 0 Å². The molecule has 0 aromatic heterocycles. The largest absolute Gasteiger partial charge is 0.511 e. The lowest BCUT2D eigenvalue weighted by molar-refractivity contribution is -0.123. The highest BCUT2D eigenvalue weighted by atomic mass is 16.3. The fourth-order valence-corrected chi connectivity index (χ4v) is 4.33. The second-order valence-electron chi connectivity index (χ2n) is 6.78. The number of ketones is 2. The summed E-state index contributed by atoms with van der Waals surface area (Å²) in [6.45, 7) is 0. The molecule has 5 nitrogen and oxygen atoms in total. The predicted octanol–water partition coefficient (Wildman–Crippen LogP) is 1.87. The first kappa shape index (κ1) is 14.9. The van der Waals surface area contributed by atoms with Crippen molar-refractivity contribution in [2.24, 2.45) is 23.5 Å². The van der Waals surface area contributed by atoms with E-state index in [2.05, 4.69) is 0 Å². The van der Waals surface area contributed by atoms with Gasteiger partial charge < -0.3 is 10.8 Å². The van der Waals surface area contributed by atoms with E-state index < -0.39 is 17.6 Å². The Hall–Kier alpha value is -2.69. The Morgan fingerprint density at radius 2 is 1.92 bits per heavy atom. The molecule has 3 unspecified atom stereocenters. The third-order valence-electron chi connectivity index (χ3n) is 5.43. The smallest absolute Gasteiger partial charge is 0.255 e. The van der Waals surface area contributed by atoms with Gasteiger partial charge in [-0.2, -0.15) is 0 Å². The van der Waals surface area contributed by atoms with E-state index in [4.69, 9.17) is 5.73 Å². The first-order valence-electron chi connectivity index (χ1n) is 8.07. The summed E-state index contributed by atoms with van der Waals surface area (Å²) < 4.78 is 0. The van der Waals surface area contributed by atoms with Gasteiger partial charge in [0.1, 0.15) is 11.3 Å². The Balaban J connectivity index is 1.81. The van der Waals surface area contributed by atoms with Gasteiger partial charge in [0, 0.05) is 23.5 Å². The quantitative estimate of drug-likeness (QED) is 0.771. The van der Waals surface area contributed by atoms with Crippen molar-refractivity contribution in [1.29, 1.82) is 0 Å². The molecule has 1 amide bonds. The van der Waals surface area contributed by atoms with Gasteiger partial charge in [-0.3, -0.25) is 14.4 Å². The number of nitrogens with two attached hydrogens (primary N) is 1. The molecule has 3 N–H and O–H groups in total. The molecule has 122 valence electrons. The third kappa shape index (κ3) is 2.04. The van der Waals surface area contributed by atoms with Crippen molar-refractivity contribution in [2.75, 3.05) is 0 Å². The van der Waals surface area contributed by atoms with E-state index in [9.17, 15) is 19.5 Å². The summed E-state index contributed by atoms with van der Waals surface area (Å²) in [5.41, 5.74) is 7.33. The normalized spacial score (nSPS) is 28.7. The Morgan fingerprint density at radius 3 is 2.67 bits per heavy atom. The Morgan fingerprint density at radius 1 is 1.17 bits per heavy atom. The number of hydrogen-bond acceptors (Lipinski definition) is 4. The predicted molar refractivity (Wildman–Crippen MR) is 86.1 cm³/mol. The van der Waals surface area contributed by atoms with Gasteiger partial charge in [0.25, 0.3) is 5.91 Å². The number of fused-ring (bicyclic) bond motifs is 3. The number of aliphatic hydroxyl groups excluding tert-OH is 1. The van der Waals surface area contributed by atoms with Crippen LogP contribution in [0.4, 0.5) is 0 Å². The monoisotopic (exact) mass is 323 g/mol. The zero-order valence-corrected chi connectivity index (χ0v) is 13.0. The van der Waals surface area contributed by atoms with Crippen LogP contribution in [0.5, 0.6) is 0 Å². The van der Waals surface area contributed by atoms with Crippen LogP contribution in [0.25, 0.3) is 0 Å². The van der Waals surface area contributed by atoms with Crippen LogP contribution >= 0.6 is 0 Å². The van der Waals surface area contributed by atoms with E-state index >= 15 is 0 Å². The van der Waals surface area contributed by atoms with Crippen molar-refractivity contribution < 1.29 is 19.5 Å². The van der Waals surface area contributed by atoms with Gasteiger partial charge >= 0.3 is 0 Å². The van der Waals surface area contributed by atoms with Crippen LogP contribution in [-0.4, -0.2) is 22.6 Å². The summed E-state index contributed by atoms with van der Waals surface area (Å²) in [5, 5.41) is 10.4. The number of carbonyl (C=O) groups excluding carboxylic acids is 3. The van der Waals surface area contributed by atoms with Gasteiger partial charge in [-0.15, -0.1) is 0 Å². The summed E-state index contributed by atoms with van der Waals surface area (Å²) in [5.74, 6) is -2.12. The highest BCUT2D eigenvalue weighted by molar-refractivity contribution is 6.20. The van der Waals surface area contributed by atoms with Crippen LogP contribution in [-0.2, 0) is 16.0 Å². The molecule has 3 atom stereocenters. The van der Waals surface area contributed by atoms with E-state index in [-0.39, 0.29) is 35.4 Å². The van der Waals surface area contributed by atoms with Crippen LogP contribution < -0.4 is 5.73 Å². The maximum Gasteiger partial charge on any atom is 0.255 e. The fourth-order valence-electron chi connectivity index (χ4n) is 4.33. The number of aliphatic hydroxyl groups is 1. The fraction of sp³-hybridized carbons (Fsp3) is 0.316. The molecule has 3 aliphatic carbocycles. The minimum atomic E-state index is -0.906. The van der Waals surface area contributed by atoms with E-state index in [0.29, 0.717) is 17.6 Å². The average Bonchev–Trinajstić information content (AvgIpc) is 2.53. The molecule has 5 heteroatoms. The minimum Gasteiger partial charge on any atom is -0.511 e. The lowest BCUT2D eigenvalue weighted by atomic mass is 9.64. The Bertz CT molecular complexity index is 849. The number of amides is 1. The second kappa shape index (κ2) is 5.16. The molecule has 0 saturated carbocycles. The first-order valence-corrected chi connectivity index (χ1v) is 8.07. The molecule has 0 aliphatic heterocycles. The van der Waals surface area contributed by atoms with Gasteiger partial charge in [0.2, 0.25) is 0 Å². The minimum absolute atomic E-state index is 0.0226.